The fraction of sp³-hybridized carbons (Fsp3) is 0.267. The van der Waals surface area contributed by atoms with Gasteiger partial charge in [0.15, 0.2) is 0 Å². The van der Waals surface area contributed by atoms with Gasteiger partial charge in [0.2, 0.25) is 0 Å². The zero-order valence-corrected chi connectivity index (χ0v) is 10.9. The number of nitrogens with one attached hydrogen (secondary N) is 1. The van der Waals surface area contributed by atoms with Crippen LogP contribution in [0.3, 0.4) is 0 Å². The molecule has 1 aliphatic carbocycles. The number of fused-ring (bicyclic) bond motifs is 1. The highest BCUT2D eigenvalue weighted by molar-refractivity contribution is 5.44. The summed E-state index contributed by atoms with van der Waals surface area (Å²) in [4.78, 5) is 3.78. The SMILES string of the molecule is Fc1ccc2c(c1)C(Nc1ccc(C(F)(F)F)cn1)CC2. The van der Waals surface area contributed by atoms with Gasteiger partial charge < -0.3 is 5.32 Å². The van der Waals surface area contributed by atoms with Gasteiger partial charge in [-0.05, 0) is 48.2 Å². The molecule has 110 valence electrons. The molecule has 0 fully saturated rings. The van der Waals surface area contributed by atoms with Gasteiger partial charge in [-0.3, -0.25) is 0 Å². The number of nitrogens with zero attached hydrogens (tertiary/aromatic N) is 1. The zero-order valence-electron chi connectivity index (χ0n) is 10.9. The van der Waals surface area contributed by atoms with Crippen molar-refractivity contribution in [2.75, 3.05) is 5.32 Å². The average molecular weight is 296 g/mol. The number of hydrogen-bond acceptors (Lipinski definition) is 2. The molecule has 1 N–H and O–H groups in total. The van der Waals surface area contributed by atoms with E-state index in [4.69, 9.17) is 0 Å². The molecule has 0 amide bonds. The highest BCUT2D eigenvalue weighted by Crippen LogP contribution is 2.34. The Bertz CT molecular complexity index is 650. The van der Waals surface area contributed by atoms with Crippen molar-refractivity contribution in [1.29, 1.82) is 0 Å². The van der Waals surface area contributed by atoms with Crippen LogP contribution in [-0.4, -0.2) is 4.98 Å². The monoisotopic (exact) mass is 296 g/mol. The Labute approximate surface area is 118 Å². The summed E-state index contributed by atoms with van der Waals surface area (Å²) in [6, 6.07) is 6.77. The van der Waals surface area contributed by atoms with Crippen molar-refractivity contribution in [2.24, 2.45) is 0 Å². The molecule has 0 bridgehead atoms. The molecule has 1 aromatic carbocycles. The van der Waals surface area contributed by atoms with E-state index in [1.54, 1.807) is 6.07 Å². The maximum Gasteiger partial charge on any atom is 0.417 e. The maximum absolute atomic E-state index is 13.3. The molecule has 3 rings (SSSR count). The molecule has 0 spiro atoms. The van der Waals surface area contributed by atoms with Gasteiger partial charge in [0.25, 0.3) is 0 Å². The van der Waals surface area contributed by atoms with Gasteiger partial charge in [0.1, 0.15) is 11.6 Å². The maximum atomic E-state index is 13.3. The molecule has 2 nitrogen and oxygen atoms in total. The number of benzene rings is 1. The standard InChI is InChI=1S/C15H12F4N2/c16-11-4-1-9-2-5-13(12(9)7-11)21-14-6-3-10(8-20-14)15(17,18)19/h1,3-4,6-8,13H,2,5H2,(H,20,21). The van der Waals surface area contributed by atoms with Crippen LogP contribution in [0.1, 0.15) is 29.2 Å². The Morgan fingerprint density at radius 2 is 1.95 bits per heavy atom. The number of aromatic nitrogens is 1. The lowest BCUT2D eigenvalue weighted by Gasteiger charge is -2.15. The van der Waals surface area contributed by atoms with Crippen LogP contribution in [0.4, 0.5) is 23.4 Å². The average Bonchev–Trinajstić information content (AvgIpc) is 2.81. The predicted molar refractivity (Wildman–Crippen MR) is 70.3 cm³/mol. The first kappa shape index (κ1) is 13.9. The molecule has 0 saturated carbocycles. The third-order valence-corrected chi connectivity index (χ3v) is 3.60. The molecule has 0 radical (unpaired) electrons. The first-order valence-electron chi connectivity index (χ1n) is 6.51. The van der Waals surface area contributed by atoms with Crippen molar-refractivity contribution in [3.05, 3.63) is 59.0 Å². The Kier molecular flexibility index (Phi) is 3.31. The third kappa shape index (κ3) is 2.84. The minimum Gasteiger partial charge on any atom is -0.363 e. The lowest BCUT2D eigenvalue weighted by molar-refractivity contribution is -0.137. The second kappa shape index (κ2) is 5.02. The topological polar surface area (TPSA) is 24.9 Å². The van der Waals surface area contributed by atoms with Crippen LogP contribution >= 0.6 is 0 Å². The van der Waals surface area contributed by atoms with Crippen LogP contribution in [0, 0.1) is 5.82 Å². The van der Waals surface area contributed by atoms with Crippen molar-refractivity contribution in [3.8, 4) is 0 Å². The van der Waals surface area contributed by atoms with Gasteiger partial charge in [0, 0.05) is 6.20 Å². The number of rotatable bonds is 2. The van der Waals surface area contributed by atoms with Crippen LogP contribution in [0.15, 0.2) is 36.5 Å². The van der Waals surface area contributed by atoms with E-state index in [-0.39, 0.29) is 11.9 Å². The van der Waals surface area contributed by atoms with Gasteiger partial charge >= 0.3 is 6.18 Å². The van der Waals surface area contributed by atoms with Gasteiger partial charge in [-0.15, -0.1) is 0 Å². The summed E-state index contributed by atoms with van der Waals surface area (Å²) in [5.41, 5.74) is 1.11. The minimum atomic E-state index is -4.39. The smallest absolute Gasteiger partial charge is 0.363 e. The molecule has 1 aromatic heterocycles. The molecule has 1 atom stereocenters. The molecule has 21 heavy (non-hydrogen) atoms. The first-order chi connectivity index (χ1) is 9.93. The Balaban J connectivity index is 1.78. The molecular formula is C15H12F4N2. The highest BCUT2D eigenvalue weighted by atomic mass is 19.4. The van der Waals surface area contributed by atoms with Crippen LogP contribution < -0.4 is 5.32 Å². The summed E-state index contributed by atoms with van der Waals surface area (Å²) < 4.78 is 50.7. The lowest BCUT2D eigenvalue weighted by Crippen LogP contribution is -2.10. The van der Waals surface area contributed by atoms with E-state index >= 15 is 0 Å². The Hall–Kier alpha value is -2.11. The molecule has 1 heterocycles. The van der Waals surface area contributed by atoms with Crippen molar-refractivity contribution >= 4 is 5.82 Å². The molecule has 0 saturated heterocycles. The predicted octanol–water partition coefficient (Wildman–Crippen LogP) is 4.34. The van der Waals surface area contributed by atoms with Gasteiger partial charge in [-0.2, -0.15) is 13.2 Å². The van der Waals surface area contributed by atoms with Crippen molar-refractivity contribution in [3.63, 3.8) is 0 Å². The molecule has 2 aromatic rings. The number of anilines is 1. The van der Waals surface area contributed by atoms with E-state index in [0.717, 1.165) is 36.2 Å². The second-order valence-corrected chi connectivity index (χ2v) is 5.01. The van der Waals surface area contributed by atoms with Crippen LogP contribution in [-0.2, 0) is 12.6 Å². The first-order valence-corrected chi connectivity index (χ1v) is 6.51. The Morgan fingerprint density at radius 3 is 2.62 bits per heavy atom. The van der Waals surface area contributed by atoms with E-state index in [1.807, 2.05) is 0 Å². The van der Waals surface area contributed by atoms with E-state index < -0.39 is 11.7 Å². The third-order valence-electron chi connectivity index (χ3n) is 3.60. The summed E-state index contributed by atoms with van der Waals surface area (Å²) >= 11 is 0. The van der Waals surface area contributed by atoms with E-state index in [1.165, 1.54) is 18.2 Å². The minimum absolute atomic E-state index is 0.125. The largest absolute Gasteiger partial charge is 0.417 e. The molecule has 1 aliphatic rings. The molecule has 1 unspecified atom stereocenters. The number of alkyl halides is 3. The lowest BCUT2D eigenvalue weighted by atomic mass is 10.1. The summed E-state index contributed by atoms with van der Waals surface area (Å²) in [6.07, 6.45) is -2.02. The van der Waals surface area contributed by atoms with Crippen LogP contribution in [0.5, 0.6) is 0 Å². The quantitative estimate of drug-likeness (QED) is 0.834. The fourth-order valence-corrected chi connectivity index (χ4v) is 2.55. The zero-order chi connectivity index (χ0) is 15.0. The fourth-order valence-electron chi connectivity index (χ4n) is 2.55. The summed E-state index contributed by atoms with van der Waals surface area (Å²) in [6.45, 7) is 0. The Morgan fingerprint density at radius 1 is 1.14 bits per heavy atom. The molecule has 0 aliphatic heterocycles. The second-order valence-electron chi connectivity index (χ2n) is 5.01. The number of halogens is 4. The van der Waals surface area contributed by atoms with Crippen LogP contribution in [0.2, 0.25) is 0 Å². The van der Waals surface area contributed by atoms with Gasteiger partial charge in [-0.25, -0.2) is 9.37 Å². The van der Waals surface area contributed by atoms with E-state index in [0.29, 0.717) is 5.82 Å². The normalized spacial score (nSPS) is 17.6. The van der Waals surface area contributed by atoms with Gasteiger partial charge in [0.05, 0.1) is 11.6 Å². The molecule has 6 heteroatoms. The van der Waals surface area contributed by atoms with Crippen molar-refractivity contribution in [2.45, 2.75) is 25.1 Å². The van der Waals surface area contributed by atoms with Crippen molar-refractivity contribution < 1.29 is 17.6 Å². The number of hydrogen-bond donors (Lipinski definition) is 1. The highest BCUT2D eigenvalue weighted by Gasteiger charge is 2.31. The molecular weight excluding hydrogens is 284 g/mol. The van der Waals surface area contributed by atoms with Crippen molar-refractivity contribution in [1.82, 2.24) is 4.98 Å². The summed E-state index contributed by atoms with van der Waals surface area (Å²) in [5, 5.41) is 3.06. The summed E-state index contributed by atoms with van der Waals surface area (Å²) in [7, 11) is 0. The number of aryl methyl sites for hydroxylation is 1. The van der Waals surface area contributed by atoms with E-state index in [9.17, 15) is 17.6 Å². The van der Waals surface area contributed by atoms with Crippen LogP contribution in [0.25, 0.3) is 0 Å². The van der Waals surface area contributed by atoms with E-state index in [2.05, 4.69) is 10.3 Å². The van der Waals surface area contributed by atoms with Gasteiger partial charge in [-0.1, -0.05) is 6.07 Å². The number of pyridine rings is 1. The summed E-state index contributed by atoms with van der Waals surface area (Å²) in [5.74, 6) is 0.0351.